The van der Waals surface area contributed by atoms with Crippen LogP contribution in [0.25, 0.3) is 6.08 Å². The SMILES string of the molecule is CCOc1cc2c(cc1/C=C/C(=O)OCC(=O)NCc1ccc(F)cc1)O[C@H](C)C2. The number of benzene rings is 2. The Labute approximate surface area is 174 Å². The van der Waals surface area contributed by atoms with Gasteiger partial charge in [0, 0.05) is 30.2 Å². The van der Waals surface area contributed by atoms with Crippen LogP contribution in [0.1, 0.15) is 30.5 Å². The third kappa shape index (κ3) is 5.83. The van der Waals surface area contributed by atoms with E-state index in [-0.39, 0.29) is 18.5 Å². The number of esters is 1. The average molecular weight is 413 g/mol. The Balaban J connectivity index is 1.52. The van der Waals surface area contributed by atoms with Gasteiger partial charge in [0.1, 0.15) is 23.4 Å². The van der Waals surface area contributed by atoms with Crippen molar-refractivity contribution in [2.45, 2.75) is 32.9 Å². The van der Waals surface area contributed by atoms with Gasteiger partial charge >= 0.3 is 5.97 Å². The molecule has 0 saturated carbocycles. The van der Waals surface area contributed by atoms with Crippen LogP contribution in [-0.4, -0.2) is 31.2 Å². The average Bonchev–Trinajstić information content (AvgIpc) is 3.09. The maximum atomic E-state index is 12.9. The first kappa shape index (κ1) is 21.4. The third-order valence-corrected chi connectivity index (χ3v) is 4.48. The van der Waals surface area contributed by atoms with E-state index in [9.17, 15) is 14.0 Å². The van der Waals surface area contributed by atoms with Crippen molar-refractivity contribution in [1.82, 2.24) is 5.32 Å². The van der Waals surface area contributed by atoms with Gasteiger partial charge in [-0.1, -0.05) is 12.1 Å². The lowest BCUT2D eigenvalue weighted by Gasteiger charge is -2.10. The Morgan fingerprint density at radius 3 is 2.77 bits per heavy atom. The minimum Gasteiger partial charge on any atom is -0.493 e. The zero-order chi connectivity index (χ0) is 21.5. The highest BCUT2D eigenvalue weighted by molar-refractivity contribution is 5.89. The van der Waals surface area contributed by atoms with Gasteiger partial charge in [-0.2, -0.15) is 0 Å². The maximum absolute atomic E-state index is 12.9. The first-order valence-corrected chi connectivity index (χ1v) is 9.77. The van der Waals surface area contributed by atoms with Crippen molar-refractivity contribution < 1.29 is 28.2 Å². The standard InChI is InChI=1S/C23H24FNO5/c1-3-28-20-12-18-10-15(2)30-21(18)11-17(20)6-9-23(27)29-14-22(26)25-13-16-4-7-19(24)8-5-16/h4-9,11-12,15H,3,10,13-14H2,1-2H3,(H,25,26)/b9-6+/t15-/m1/s1. The molecule has 2 aromatic rings. The lowest BCUT2D eigenvalue weighted by molar-refractivity contribution is -0.143. The first-order chi connectivity index (χ1) is 14.4. The summed E-state index contributed by atoms with van der Waals surface area (Å²) in [6.07, 6.45) is 3.74. The van der Waals surface area contributed by atoms with Gasteiger partial charge in [0.05, 0.1) is 6.61 Å². The zero-order valence-corrected chi connectivity index (χ0v) is 16.9. The van der Waals surface area contributed by atoms with E-state index in [4.69, 9.17) is 14.2 Å². The van der Waals surface area contributed by atoms with Crippen molar-refractivity contribution in [1.29, 1.82) is 0 Å². The first-order valence-electron chi connectivity index (χ1n) is 9.77. The number of nitrogens with one attached hydrogen (secondary N) is 1. The van der Waals surface area contributed by atoms with Crippen molar-refractivity contribution in [2.75, 3.05) is 13.2 Å². The Bertz CT molecular complexity index is 939. The number of amides is 1. The second kappa shape index (κ2) is 9.91. The molecule has 3 rings (SSSR count). The number of ether oxygens (including phenoxy) is 3. The molecule has 158 valence electrons. The van der Waals surface area contributed by atoms with Gasteiger partial charge in [0.2, 0.25) is 0 Å². The van der Waals surface area contributed by atoms with Crippen LogP contribution in [0, 0.1) is 5.82 Å². The van der Waals surface area contributed by atoms with Gasteiger partial charge in [-0.05, 0) is 49.8 Å². The molecule has 0 aliphatic carbocycles. The number of hydrogen-bond acceptors (Lipinski definition) is 5. The van der Waals surface area contributed by atoms with Crippen LogP contribution in [0.5, 0.6) is 11.5 Å². The summed E-state index contributed by atoms with van der Waals surface area (Å²) in [7, 11) is 0. The lowest BCUT2D eigenvalue weighted by atomic mass is 10.1. The molecule has 1 aliphatic heterocycles. The number of fused-ring (bicyclic) bond motifs is 1. The molecule has 1 aliphatic rings. The van der Waals surface area contributed by atoms with Crippen molar-refractivity contribution in [3.8, 4) is 11.5 Å². The van der Waals surface area contributed by atoms with Crippen LogP contribution in [-0.2, 0) is 27.3 Å². The molecular weight excluding hydrogens is 389 g/mol. The fraction of sp³-hybridized carbons (Fsp3) is 0.304. The molecule has 0 fully saturated rings. The molecule has 0 radical (unpaired) electrons. The molecule has 0 unspecified atom stereocenters. The third-order valence-electron chi connectivity index (χ3n) is 4.48. The minimum atomic E-state index is -0.649. The number of carbonyl (C=O) groups excluding carboxylic acids is 2. The molecule has 1 heterocycles. The normalized spacial score (nSPS) is 14.8. The van der Waals surface area contributed by atoms with Crippen LogP contribution in [0.3, 0.4) is 0 Å². The highest BCUT2D eigenvalue weighted by atomic mass is 19.1. The Morgan fingerprint density at radius 1 is 1.27 bits per heavy atom. The number of hydrogen-bond donors (Lipinski definition) is 1. The molecule has 0 saturated heterocycles. The van der Waals surface area contributed by atoms with E-state index in [1.807, 2.05) is 26.0 Å². The molecule has 30 heavy (non-hydrogen) atoms. The molecular formula is C23H24FNO5. The van der Waals surface area contributed by atoms with Gasteiger partial charge in [-0.15, -0.1) is 0 Å². The minimum absolute atomic E-state index is 0.104. The molecule has 6 nitrogen and oxygen atoms in total. The Kier molecular flexibility index (Phi) is 7.06. The van der Waals surface area contributed by atoms with Crippen molar-refractivity contribution in [2.24, 2.45) is 0 Å². The van der Waals surface area contributed by atoms with Gasteiger partial charge in [-0.3, -0.25) is 4.79 Å². The van der Waals surface area contributed by atoms with E-state index >= 15 is 0 Å². The number of carbonyl (C=O) groups is 2. The second-order valence-corrected chi connectivity index (χ2v) is 6.91. The summed E-state index contributed by atoms with van der Waals surface area (Å²) in [4.78, 5) is 23.8. The predicted molar refractivity (Wildman–Crippen MR) is 110 cm³/mol. The van der Waals surface area contributed by atoms with E-state index < -0.39 is 18.5 Å². The van der Waals surface area contributed by atoms with Gasteiger partial charge in [0.15, 0.2) is 6.61 Å². The summed E-state index contributed by atoms with van der Waals surface area (Å²) in [5.41, 5.74) is 2.51. The molecule has 0 spiro atoms. The van der Waals surface area contributed by atoms with Crippen LogP contribution in [0.4, 0.5) is 4.39 Å². The van der Waals surface area contributed by atoms with Crippen LogP contribution in [0.15, 0.2) is 42.5 Å². The summed E-state index contributed by atoms with van der Waals surface area (Å²) in [5.74, 6) is -0.00270. The summed E-state index contributed by atoms with van der Waals surface area (Å²) in [6.45, 7) is 4.19. The quantitative estimate of drug-likeness (QED) is 0.530. The fourth-order valence-electron chi connectivity index (χ4n) is 3.06. The Morgan fingerprint density at radius 2 is 2.03 bits per heavy atom. The van der Waals surface area contributed by atoms with Crippen molar-refractivity contribution in [3.63, 3.8) is 0 Å². The lowest BCUT2D eigenvalue weighted by Crippen LogP contribution is -2.28. The number of halogens is 1. The monoisotopic (exact) mass is 413 g/mol. The van der Waals surface area contributed by atoms with E-state index in [2.05, 4.69) is 5.32 Å². The van der Waals surface area contributed by atoms with Gasteiger partial charge in [0.25, 0.3) is 5.91 Å². The Hall–Kier alpha value is -3.35. The molecule has 1 amide bonds. The molecule has 1 N–H and O–H groups in total. The topological polar surface area (TPSA) is 73.9 Å². The van der Waals surface area contributed by atoms with Crippen molar-refractivity contribution >= 4 is 18.0 Å². The van der Waals surface area contributed by atoms with Gasteiger partial charge in [-0.25, -0.2) is 9.18 Å². The van der Waals surface area contributed by atoms with E-state index in [0.717, 1.165) is 23.3 Å². The summed E-state index contributed by atoms with van der Waals surface area (Å²) < 4.78 is 29.3. The fourth-order valence-corrected chi connectivity index (χ4v) is 3.06. The van der Waals surface area contributed by atoms with E-state index in [0.29, 0.717) is 17.9 Å². The highest BCUT2D eigenvalue weighted by Crippen LogP contribution is 2.35. The molecule has 0 bridgehead atoms. The number of rotatable bonds is 8. The second-order valence-electron chi connectivity index (χ2n) is 6.91. The smallest absolute Gasteiger partial charge is 0.331 e. The van der Waals surface area contributed by atoms with Crippen LogP contribution >= 0.6 is 0 Å². The van der Waals surface area contributed by atoms with E-state index in [1.165, 1.54) is 18.2 Å². The predicted octanol–water partition coefficient (Wildman–Crippen LogP) is 3.42. The van der Waals surface area contributed by atoms with Gasteiger partial charge < -0.3 is 19.5 Å². The van der Waals surface area contributed by atoms with Crippen LogP contribution in [0.2, 0.25) is 0 Å². The zero-order valence-electron chi connectivity index (χ0n) is 16.9. The summed E-state index contributed by atoms with van der Waals surface area (Å²) in [6, 6.07) is 9.53. The molecule has 2 aromatic carbocycles. The maximum Gasteiger partial charge on any atom is 0.331 e. The highest BCUT2D eigenvalue weighted by Gasteiger charge is 2.21. The molecule has 7 heteroatoms. The largest absolute Gasteiger partial charge is 0.493 e. The van der Waals surface area contributed by atoms with Crippen LogP contribution < -0.4 is 14.8 Å². The van der Waals surface area contributed by atoms with E-state index in [1.54, 1.807) is 18.2 Å². The summed E-state index contributed by atoms with van der Waals surface area (Å²) in [5, 5.41) is 2.61. The molecule has 0 aromatic heterocycles. The summed E-state index contributed by atoms with van der Waals surface area (Å²) >= 11 is 0. The molecule has 1 atom stereocenters. The van der Waals surface area contributed by atoms with Crippen molar-refractivity contribution in [3.05, 3.63) is 65.0 Å².